The van der Waals surface area contributed by atoms with E-state index in [9.17, 15) is 0 Å². The summed E-state index contributed by atoms with van der Waals surface area (Å²) in [6, 6.07) is 0. The van der Waals surface area contributed by atoms with Crippen LogP contribution < -0.4 is 0 Å². The smallest absolute Gasteiger partial charge is 0.303 e. The third-order valence-electron chi connectivity index (χ3n) is 2.50. The molecular formula is C10H26O8P2. The van der Waals surface area contributed by atoms with E-state index in [0.717, 1.165) is 0 Å². The lowest BCUT2D eigenvalue weighted by atomic mass is 10.4. The summed E-state index contributed by atoms with van der Waals surface area (Å²) >= 11 is 0. The van der Waals surface area contributed by atoms with Crippen LogP contribution in [0.5, 0.6) is 0 Å². The van der Waals surface area contributed by atoms with Crippen molar-refractivity contribution in [2.75, 3.05) is 0 Å². The van der Waals surface area contributed by atoms with Gasteiger partial charge in [0, 0.05) is 0 Å². The second kappa shape index (κ2) is 12.9. The van der Waals surface area contributed by atoms with Crippen LogP contribution in [0.4, 0.5) is 0 Å². The second-order valence-electron chi connectivity index (χ2n) is 4.56. The van der Waals surface area contributed by atoms with Crippen LogP contribution in [0.3, 0.4) is 0 Å². The third-order valence-corrected chi connectivity index (χ3v) is 2.50. The minimum Gasteiger partial charge on any atom is -0.303 e. The zero-order valence-electron chi connectivity index (χ0n) is 11.5. The Morgan fingerprint density at radius 2 is 0.450 bits per heavy atom. The van der Waals surface area contributed by atoms with Gasteiger partial charge in [0.1, 0.15) is 0 Å². The highest BCUT2D eigenvalue weighted by molar-refractivity contribution is 7.45. The number of phosphoric acid groups is 2. The van der Waals surface area contributed by atoms with E-state index in [1.165, 1.54) is 64.2 Å². The lowest BCUT2D eigenvalue weighted by Crippen LogP contribution is -1.66. The van der Waals surface area contributed by atoms with Crippen LogP contribution in [0.15, 0.2) is 0 Å². The highest BCUT2D eigenvalue weighted by Gasteiger charge is 2.00. The first-order valence-electron chi connectivity index (χ1n) is 6.57. The lowest BCUT2D eigenvalue weighted by Gasteiger charge is -1.82. The Morgan fingerprint density at radius 1 is 0.400 bits per heavy atom. The zero-order chi connectivity index (χ0) is 16.1. The average molecular weight is 336 g/mol. The molecule has 2 fully saturated rings. The highest BCUT2D eigenvalue weighted by atomic mass is 31.2. The molecule has 0 radical (unpaired) electrons. The fourth-order valence-corrected chi connectivity index (χ4v) is 1.77. The summed E-state index contributed by atoms with van der Waals surface area (Å²) in [5.41, 5.74) is 0. The topological polar surface area (TPSA) is 156 Å². The van der Waals surface area contributed by atoms with E-state index < -0.39 is 15.6 Å². The summed E-state index contributed by atoms with van der Waals surface area (Å²) in [5, 5.41) is 0. The van der Waals surface area contributed by atoms with Gasteiger partial charge in [0.25, 0.3) is 0 Å². The summed E-state index contributed by atoms with van der Waals surface area (Å²) in [6.07, 6.45) is 15.0. The largest absolute Gasteiger partial charge is 0.466 e. The molecule has 0 amide bonds. The first kappa shape index (κ1) is 22.5. The molecule has 2 aliphatic carbocycles. The van der Waals surface area contributed by atoms with E-state index in [4.69, 9.17) is 38.5 Å². The first-order chi connectivity index (χ1) is 9.00. The molecule has 2 rings (SSSR count). The van der Waals surface area contributed by atoms with Gasteiger partial charge in [-0.3, -0.25) is 0 Å². The highest BCUT2D eigenvalue weighted by Crippen LogP contribution is 2.26. The fourth-order valence-electron chi connectivity index (χ4n) is 1.77. The molecule has 124 valence electrons. The van der Waals surface area contributed by atoms with Crippen LogP contribution in [0.2, 0.25) is 0 Å². The summed E-state index contributed by atoms with van der Waals surface area (Å²) < 4.78 is 17.8. The zero-order valence-corrected chi connectivity index (χ0v) is 13.3. The van der Waals surface area contributed by atoms with E-state index in [0.29, 0.717) is 0 Å². The van der Waals surface area contributed by atoms with Crippen LogP contribution in [0.25, 0.3) is 0 Å². The summed E-state index contributed by atoms with van der Waals surface area (Å²) in [7, 11) is -9.28. The van der Waals surface area contributed by atoms with Crippen molar-refractivity contribution in [1.82, 2.24) is 0 Å². The van der Waals surface area contributed by atoms with E-state index >= 15 is 0 Å². The minimum absolute atomic E-state index is 1.50. The molecule has 8 nitrogen and oxygen atoms in total. The van der Waals surface area contributed by atoms with Gasteiger partial charge in [-0.2, -0.15) is 0 Å². The fraction of sp³-hybridized carbons (Fsp3) is 1.00. The predicted octanol–water partition coefficient (Wildman–Crippen LogP) is 2.04. The van der Waals surface area contributed by atoms with E-state index in [-0.39, 0.29) is 0 Å². The van der Waals surface area contributed by atoms with Gasteiger partial charge in [0.05, 0.1) is 0 Å². The van der Waals surface area contributed by atoms with Gasteiger partial charge in [0.2, 0.25) is 0 Å². The minimum atomic E-state index is -4.64. The van der Waals surface area contributed by atoms with Crippen molar-refractivity contribution in [1.29, 1.82) is 0 Å². The Hall–Kier alpha value is 0.220. The van der Waals surface area contributed by atoms with Crippen LogP contribution in [0, 0.1) is 0 Å². The van der Waals surface area contributed by atoms with Gasteiger partial charge < -0.3 is 29.4 Å². The molecule has 2 aliphatic rings. The molecule has 0 spiro atoms. The van der Waals surface area contributed by atoms with Gasteiger partial charge in [-0.05, 0) is 0 Å². The number of rotatable bonds is 0. The molecule has 6 N–H and O–H groups in total. The molecule has 0 bridgehead atoms. The molecule has 0 saturated heterocycles. The SMILES string of the molecule is C1CCCC1.C1CCCC1.O=P(O)(O)O.O=P(O)(O)O. The van der Waals surface area contributed by atoms with Crippen LogP contribution in [-0.2, 0) is 9.13 Å². The van der Waals surface area contributed by atoms with Crippen molar-refractivity contribution in [2.24, 2.45) is 0 Å². The lowest BCUT2D eigenvalue weighted by molar-refractivity contribution is 0.272. The van der Waals surface area contributed by atoms with Crippen molar-refractivity contribution in [3.05, 3.63) is 0 Å². The standard InChI is InChI=1S/2C5H10.2H3O4P/c2*1-2-4-5-3-1;2*1-5(2,3)4/h2*1-5H2;2*(H3,1,2,3,4). The summed E-state index contributed by atoms with van der Waals surface area (Å²) in [5.74, 6) is 0. The Bertz CT molecular complexity index is 228. The molecule has 20 heavy (non-hydrogen) atoms. The average Bonchev–Trinajstić information content (AvgIpc) is 2.92. The van der Waals surface area contributed by atoms with Crippen molar-refractivity contribution in [3.63, 3.8) is 0 Å². The van der Waals surface area contributed by atoms with Gasteiger partial charge in [-0.1, -0.05) is 64.2 Å². The van der Waals surface area contributed by atoms with Crippen molar-refractivity contribution in [3.8, 4) is 0 Å². The van der Waals surface area contributed by atoms with Crippen LogP contribution in [-0.4, -0.2) is 29.4 Å². The maximum atomic E-state index is 8.88. The maximum Gasteiger partial charge on any atom is 0.466 e. The van der Waals surface area contributed by atoms with Gasteiger partial charge in [-0.15, -0.1) is 0 Å². The third kappa shape index (κ3) is 51.7. The van der Waals surface area contributed by atoms with E-state index in [1.54, 1.807) is 0 Å². The molecular weight excluding hydrogens is 310 g/mol. The monoisotopic (exact) mass is 336 g/mol. The van der Waals surface area contributed by atoms with Crippen molar-refractivity contribution >= 4 is 15.6 Å². The van der Waals surface area contributed by atoms with Crippen molar-refractivity contribution in [2.45, 2.75) is 64.2 Å². The molecule has 0 aromatic carbocycles. The van der Waals surface area contributed by atoms with E-state index in [2.05, 4.69) is 0 Å². The Morgan fingerprint density at radius 3 is 0.500 bits per heavy atom. The number of hydrogen-bond acceptors (Lipinski definition) is 2. The molecule has 0 heterocycles. The Balaban J connectivity index is 0. The molecule has 10 heteroatoms. The molecule has 2 saturated carbocycles. The normalized spacial score (nSPS) is 17.9. The molecule has 0 aliphatic heterocycles. The molecule has 0 aromatic heterocycles. The van der Waals surface area contributed by atoms with Crippen molar-refractivity contribution < 1.29 is 38.5 Å². The summed E-state index contributed by atoms with van der Waals surface area (Å²) in [6.45, 7) is 0. The van der Waals surface area contributed by atoms with Crippen LogP contribution in [0.1, 0.15) is 64.2 Å². The predicted molar refractivity (Wildman–Crippen MR) is 74.7 cm³/mol. The number of hydrogen-bond donors (Lipinski definition) is 6. The van der Waals surface area contributed by atoms with Gasteiger partial charge in [0.15, 0.2) is 0 Å². The second-order valence-corrected chi connectivity index (χ2v) is 6.62. The van der Waals surface area contributed by atoms with Gasteiger partial charge >= 0.3 is 15.6 Å². The summed E-state index contributed by atoms with van der Waals surface area (Å²) in [4.78, 5) is 43.1. The molecule has 0 aromatic rings. The van der Waals surface area contributed by atoms with Crippen LogP contribution >= 0.6 is 15.6 Å². The van der Waals surface area contributed by atoms with E-state index in [1.807, 2.05) is 0 Å². The Kier molecular flexibility index (Phi) is 14.5. The maximum absolute atomic E-state index is 8.88. The van der Waals surface area contributed by atoms with Gasteiger partial charge in [-0.25, -0.2) is 9.13 Å². The first-order valence-corrected chi connectivity index (χ1v) is 9.70. The molecule has 0 atom stereocenters. The quantitative estimate of drug-likeness (QED) is 0.367. The Labute approximate surface area is 119 Å². The molecule has 0 unspecified atom stereocenters.